The third-order valence-electron chi connectivity index (χ3n) is 5.88. The van der Waals surface area contributed by atoms with Gasteiger partial charge in [-0.25, -0.2) is 4.98 Å². The van der Waals surface area contributed by atoms with Crippen LogP contribution < -0.4 is 15.5 Å². The van der Waals surface area contributed by atoms with Gasteiger partial charge in [-0.1, -0.05) is 0 Å². The van der Waals surface area contributed by atoms with Crippen molar-refractivity contribution in [3.63, 3.8) is 0 Å². The molecule has 0 atom stereocenters. The number of pyridine rings is 1. The van der Waals surface area contributed by atoms with Crippen molar-refractivity contribution in [1.82, 2.24) is 20.5 Å². The average Bonchev–Trinajstić information content (AvgIpc) is 3.54. The molecule has 2 aromatic heterocycles. The van der Waals surface area contributed by atoms with E-state index in [1.165, 1.54) is 12.4 Å². The highest BCUT2D eigenvalue weighted by molar-refractivity contribution is 7.17. The number of piperazine rings is 1. The lowest BCUT2D eigenvalue weighted by molar-refractivity contribution is -0.136. The van der Waals surface area contributed by atoms with Crippen molar-refractivity contribution in [2.45, 2.75) is 25.4 Å². The van der Waals surface area contributed by atoms with Crippen LogP contribution in [0.3, 0.4) is 0 Å². The summed E-state index contributed by atoms with van der Waals surface area (Å²) in [6, 6.07) is 1.09. The van der Waals surface area contributed by atoms with E-state index in [-0.39, 0.29) is 33.4 Å². The summed E-state index contributed by atoms with van der Waals surface area (Å²) in [7, 11) is 1.44. The summed E-state index contributed by atoms with van der Waals surface area (Å²) in [5.74, 6) is 0.135. The van der Waals surface area contributed by atoms with E-state index in [9.17, 15) is 22.8 Å². The lowest BCUT2D eigenvalue weighted by Crippen LogP contribution is -2.47. The molecule has 1 saturated heterocycles. The van der Waals surface area contributed by atoms with E-state index in [1.54, 1.807) is 0 Å². The number of thiophene rings is 1. The first-order chi connectivity index (χ1) is 15.3. The third-order valence-corrected chi connectivity index (χ3v) is 6.88. The summed E-state index contributed by atoms with van der Waals surface area (Å²) in [5, 5.41) is 6.84. The number of nitrogens with one attached hydrogen (secondary N) is 2. The summed E-state index contributed by atoms with van der Waals surface area (Å²) in [4.78, 5) is 32.3. The number of carbonyl (C=O) groups excluding carboxylic acids is 2. The van der Waals surface area contributed by atoms with Crippen molar-refractivity contribution in [3.05, 3.63) is 22.6 Å². The van der Waals surface area contributed by atoms with Crippen LogP contribution in [0.5, 0.6) is 0 Å². The van der Waals surface area contributed by atoms with Gasteiger partial charge in [-0.05, 0) is 31.9 Å². The maximum atomic E-state index is 13.7. The molecule has 0 bridgehead atoms. The van der Waals surface area contributed by atoms with Gasteiger partial charge in [0.25, 0.3) is 5.91 Å². The lowest BCUT2D eigenvalue weighted by Gasteiger charge is -2.35. The average molecular weight is 470 g/mol. The predicted molar refractivity (Wildman–Crippen MR) is 117 cm³/mol. The Balaban J connectivity index is 1.42. The van der Waals surface area contributed by atoms with Gasteiger partial charge in [0, 0.05) is 51.1 Å². The van der Waals surface area contributed by atoms with Gasteiger partial charge in [0.05, 0.1) is 21.3 Å². The number of nitrogens with zero attached hydrogens (tertiary/aromatic N) is 3. The van der Waals surface area contributed by atoms with Gasteiger partial charge < -0.3 is 15.5 Å². The normalized spacial score (nSPS) is 17.6. The van der Waals surface area contributed by atoms with Crippen molar-refractivity contribution < 1.29 is 22.8 Å². The van der Waals surface area contributed by atoms with Crippen LogP contribution in [-0.2, 0) is 11.0 Å². The van der Waals surface area contributed by atoms with E-state index in [2.05, 4.69) is 20.5 Å². The molecular formula is C21H26F3N5O2S. The number of rotatable bonds is 7. The minimum atomic E-state index is -4.53. The molecule has 2 fully saturated rings. The smallest absolute Gasteiger partial charge is 0.356 e. The zero-order valence-electron chi connectivity index (χ0n) is 17.8. The second kappa shape index (κ2) is 9.22. The standard InChI is InChI=1S/C21H26F3N5O2S/c1-25-20(31)14-12-32-18-15(21(22,23)24)11-16(27-17(14)18)29-9-7-28(8-10-29)6-2-5-26-19(30)13-3-4-13/h11-13H,2-10H2,1H3,(H,25,31)(H,26,30). The number of hydrogen-bond donors (Lipinski definition) is 2. The Kier molecular flexibility index (Phi) is 6.57. The molecule has 2 aliphatic rings. The molecule has 174 valence electrons. The molecule has 2 N–H and O–H groups in total. The molecule has 0 radical (unpaired) electrons. The van der Waals surface area contributed by atoms with Crippen LogP contribution in [0.2, 0.25) is 0 Å². The first-order valence-electron chi connectivity index (χ1n) is 10.7. The molecule has 11 heteroatoms. The summed E-state index contributed by atoms with van der Waals surface area (Å²) in [6.07, 6.45) is -1.72. The molecular weight excluding hydrogens is 443 g/mol. The molecule has 32 heavy (non-hydrogen) atoms. The highest BCUT2D eigenvalue weighted by Crippen LogP contribution is 2.40. The molecule has 0 spiro atoms. The number of fused-ring (bicyclic) bond motifs is 1. The second-order valence-electron chi connectivity index (χ2n) is 8.18. The van der Waals surface area contributed by atoms with Crippen molar-refractivity contribution in [2.75, 3.05) is 51.2 Å². The first-order valence-corrected chi connectivity index (χ1v) is 11.6. The maximum absolute atomic E-state index is 13.7. The summed E-state index contributed by atoms with van der Waals surface area (Å²) in [5.41, 5.74) is -0.508. The third kappa shape index (κ3) is 4.98. The molecule has 0 aromatic carbocycles. The number of aromatic nitrogens is 1. The molecule has 2 amide bonds. The van der Waals surface area contributed by atoms with Gasteiger partial charge >= 0.3 is 6.18 Å². The zero-order valence-corrected chi connectivity index (χ0v) is 18.6. The molecule has 4 rings (SSSR count). The van der Waals surface area contributed by atoms with E-state index in [0.29, 0.717) is 32.7 Å². The minimum Gasteiger partial charge on any atom is -0.356 e. The van der Waals surface area contributed by atoms with E-state index >= 15 is 0 Å². The van der Waals surface area contributed by atoms with E-state index in [1.807, 2.05) is 4.90 Å². The Hall–Kier alpha value is -2.40. The van der Waals surface area contributed by atoms with E-state index in [0.717, 1.165) is 43.2 Å². The van der Waals surface area contributed by atoms with Gasteiger partial charge in [-0.2, -0.15) is 13.2 Å². The number of anilines is 1. The van der Waals surface area contributed by atoms with Crippen LogP contribution in [0.15, 0.2) is 11.4 Å². The van der Waals surface area contributed by atoms with Gasteiger partial charge in [-0.3, -0.25) is 14.5 Å². The maximum Gasteiger partial charge on any atom is 0.417 e. The minimum absolute atomic E-state index is 0.0215. The Morgan fingerprint density at radius 2 is 1.94 bits per heavy atom. The lowest BCUT2D eigenvalue weighted by atomic mass is 10.1. The van der Waals surface area contributed by atoms with Gasteiger partial charge in [0.15, 0.2) is 0 Å². The van der Waals surface area contributed by atoms with Crippen LogP contribution in [0, 0.1) is 5.92 Å². The highest BCUT2D eigenvalue weighted by atomic mass is 32.1. The van der Waals surface area contributed by atoms with Crippen LogP contribution in [0.4, 0.5) is 19.0 Å². The molecule has 0 unspecified atom stereocenters. The zero-order chi connectivity index (χ0) is 22.9. The Labute approximate surface area is 188 Å². The molecule has 3 heterocycles. The van der Waals surface area contributed by atoms with Gasteiger partial charge in [0.1, 0.15) is 5.82 Å². The summed E-state index contributed by atoms with van der Waals surface area (Å²) in [6.45, 7) is 3.95. The Morgan fingerprint density at radius 3 is 2.56 bits per heavy atom. The van der Waals surface area contributed by atoms with Crippen molar-refractivity contribution in [2.24, 2.45) is 5.92 Å². The van der Waals surface area contributed by atoms with E-state index < -0.39 is 17.6 Å². The van der Waals surface area contributed by atoms with Crippen molar-refractivity contribution in [3.8, 4) is 0 Å². The number of carbonyl (C=O) groups is 2. The van der Waals surface area contributed by atoms with Crippen LogP contribution in [0.1, 0.15) is 35.2 Å². The fourth-order valence-electron chi connectivity index (χ4n) is 3.87. The predicted octanol–water partition coefficient (Wildman–Crippen LogP) is 2.71. The summed E-state index contributed by atoms with van der Waals surface area (Å²) >= 11 is 0.886. The van der Waals surface area contributed by atoms with Gasteiger partial charge in [0.2, 0.25) is 5.91 Å². The fraction of sp³-hybridized carbons (Fsp3) is 0.571. The number of alkyl halides is 3. The highest BCUT2D eigenvalue weighted by Gasteiger charge is 2.36. The molecule has 1 aliphatic heterocycles. The molecule has 1 saturated carbocycles. The number of amides is 2. The van der Waals surface area contributed by atoms with E-state index in [4.69, 9.17) is 0 Å². The van der Waals surface area contributed by atoms with Crippen LogP contribution >= 0.6 is 11.3 Å². The number of hydrogen-bond acceptors (Lipinski definition) is 6. The van der Waals surface area contributed by atoms with Gasteiger partial charge in [-0.15, -0.1) is 11.3 Å². The van der Waals surface area contributed by atoms with Crippen molar-refractivity contribution >= 4 is 39.2 Å². The monoisotopic (exact) mass is 469 g/mol. The number of halogens is 3. The topological polar surface area (TPSA) is 77.6 Å². The first kappa shape index (κ1) is 22.8. The molecule has 1 aliphatic carbocycles. The van der Waals surface area contributed by atoms with Crippen LogP contribution in [-0.4, -0.2) is 68.0 Å². The molecule has 2 aromatic rings. The molecule has 7 nitrogen and oxygen atoms in total. The van der Waals surface area contributed by atoms with Crippen molar-refractivity contribution in [1.29, 1.82) is 0 Å². The SMILES string of the molecule is CNC(=O)c1csc2c(C(F)(F)F)cc(N3CCN(CCCNC(=O)C4CC4)CC3)nc12. The van der Waals surface area contributed by atoms with Crippen LogP contribution in [0.25, 0.3) is 10.2 Å². The quantitative estimate of drug-likeness (QED) is 0.610. The second-order valence-corrected chi connectivity index (χ2v) is 9.06. The largest absolute Gasteiger partial charge is 0.417 e. The fourth-order valence-corrected chi connectivity index (χ4v) is 4.89. The Bertz CT molecular complexity index is 997. The Morgan fingerprint density at radius 1 is 1.22 bits per heavy atom. The summed E-state index contributed by atoms with van der Waals surface area (Å²) < 4.78 is 41.2.